The Morgan fingerprint density at radius 3 is 1.44 bits per heavy atom. The van der Waals surface area contributed by atoms with Gasteiger partial charge < -0.3 is 42.9 Å². The number of carbonyl (C=O) groups is 7. The van der Waals surface area contributed by atoms with Crippen LogP contribution in [0.2, 0.25) is 0 Å². The molecular weight excluding hydrogens is 983 g/mol. The fourth-order valence-electron chi connectivity index (χ4n) is 8.60. The summed E-state index contributed by atoms with van der Waals surface area (Å²) in [5, 5.41) is 0. The van der Waals surface area contributed by atoms with E-state index < -0.39 is 17.4 Å². The van der Waals surface area contributed by atoms with Gasteiger partial charge in [0.25, 0.3) is 12.9 Å². The minimum absolute atomic E-state index is 0.0408. The van der Waals surface area contributed by atoms with Gasteiger partial charge in [-0.05, 0) is 83.7 Å². The number of hydrogen-bond donors (Lipinski definition) is 0. The fourth-order valence-corrected chi connectivity index (χ4v) is 8.60. The van der Waals surface area contributed by atoms with Crippen LogP contribution in [0.5, 0.6) is 0 Å². The Bertz CT molecular complexity index is 1330. The van der Waals surface area contributed by atoms with Crippen molar-refractivity contribution in [1.29, 1.82) is 0 Å². The fraction of sp³-hybridized carbons (Fsp3) is 0.887. The summed E-state index contributed by atoms with van der Waals surface area (Å²) >= 11 is 0. The van der Waals surface area contributed by atoms with Crippen molar-refractivity contribution in [3.05, 3.63) is 0 Å². The third-order valence-electron chi connectivity index (χ3n) is 13.6. The quantitative estimate of drug-likeness (QED) is 0.0242. The van der Waals surface area contributed by atoms with Gasteiger partial charge >= 0.3 is 23.9 Å². The number of aldehydes is 1. The van der Waals surface area contributed by atoms with E-state index in [9.17, 15) is 33.6 Å². The molecule has 0 radical (unpaired) electrons. The van der Waals surface area contributed by atoms with Gasteiger partial charge in [-0.2, -0.15) is 0 Å². The monoisotopic (exact) mass is 1100 g/mol. The van der Waals surface area contributed by atoms with Crippen LogP contribution in [0.4, 0.5) is 0 Å². The number of likely N-dealkylation sites (N-methyl/N-ethyl adjacent to an activating group) is 1. The Balaban J connectivity index is -0.00000104. The molecule has 1 aliphatic heterocycles. The molecule has 0 spiro atoms. The van der Waals surface area contributed by atoms with E-state index in [1.54, 1.807) is 14.0 Å². The van der Waals surface area contributed by atoms with Crippen molar-refractivity contribution in [2.75, 3.05) is 66.9 Å². The molecule has 0 aromatic carbocycles. The molecule has 0 aromatic heterocycles. The minimum atomic E-state index is -1.26. The van der Waals surface area contributed by atoms with Gasteiger partial charge in [-0.15, -0.1) is 0 Å². The maximum atomic E-state index is 12.7. The topological polar surface area (TPSA) is 187 Å². The molecule has 3 unspecified atom stereocenters. The lowest BCUT2D eigenvalue weighted by atomic mass is 9.92. The number of piperidine rings is 1. The van der Waals surface area contributed by atoms with Crippen LogP contribution in [-0.2, 0) is 66.7 Å². The summed E-state index contributed by atoms with van der Waals surface area (Å²) in [6.45, 7) is 18.9. The maximum absolute atomic E-state index is 12.7. The van der Waals surface area contributed by atoms with Crippen LogP contribution in [0.3, 0.4) is 0 Å². The van der Waals surface area contributed by atoms with Crippen molar-refractivity contribution in [2.24, 2.45) is 17.3 Å². The summed E-state index contributed by atoms with van der Waals surface area (Å²) < 4.78 is 35.9. The van der Waals surface area contributed by atoms with Crippen LogP contribution < -0.4 is 0 Å². The molecular formula is C62H117NO14. The minimum Gasteiger partial charge on any atom is -0.468 e. The van der Waals surface area contributed by atoms with E-state index in [0.717, 1.165) is 83.6 Å². The largest absolute Gasteiger partial charge is 0.468 e. The molecule has 15 heteroatoms. The first-order valence-corrected chi connectivity index (χ1v) is 30.7. The van der Waals surface area contributed by atoms with Gasteiger partial charge in [0.15, 0.2) is 0 Å². The average Bonchev–Trinajstić information content (AvgIpc) is 3.41. The summed E-state index contributed by atoms with van der Waals surface area (Å²) in [4.78, 5) is 81.9. The Morgan fingerprint density at radius 1 is 0.545 bits per heavy atom. The third kappa shape index (κ3) is 54.2. The highest BCUT2D eigenvalue weighted by atomic mass is 16.6. The van der Waals surface area contributed by atoms with Crippen molar-refractivity contribution in [2.45, 2.75) is 273 Å². The number of nitrogens with zero attached hydrogens (tertiary/aromatic N) is 1. The Labute approximate surface area is 470 Å². The van der Waals surface area contributed by atoms with E-state index in [-0.39, 0.29) is 56.0 Å². The number of carbonyl (C=O) groups excluding carboxylic acids is 7. The lowest BCUT2D eigenvalue weighted by Gasteiger charge is -2.33. The molecule has 3 atom stereocenters. The van der Waals surface area contributed by atoms with Crippen molar-refractivity contribution in [3.63, 3.8) is 0 Å². The zero-order valence-electron chi connectivity index (χ0n) is 50.8. The van der Waals surface area contributed by atoms with Crippen molar-refractivity contribution in [3.8, 4) is 0 Å². The first kappa shape index (κ1) is 77.6. The van der Waals surface area contributed by atoms with E-state index in [2.05, 4.69) is 44.3 Å². The molecule has 1 saturated heterocycles. The van der Waals surface area contributed by atoms with Crippen molar-refractivity contribution < 1.29 is 66.7 Å². The van der Waals surface area contributed by atoms with Crippen LogP contribution in [0.15, 0.2) is 0 Å². The first-order valence-electron chi connectivity index (χ1n) is 30.7. The molecule has 1 fully saturated rings. The number of ether oxygens (including phenoxy) is 7. The normalized spacial score (nSPS) is 14.1. The third-order valence-corrected chi connectivity index (χ3v) is 13.6. The predicted octanol–water partition coefficient (Wildman–Crippen LogP) is 14.2. The second-order valence-corrected chi connectivity index (χ2v) is 21.3. The summed E-state index contributed by atoms with van der Waals surface area (Å²) in [7, 11) is 3.73. The van der Waals surface area contributed by atoms with E-state index in [1.165, 1.54) is 122 Å². The number of likely N-dealkylation sites (tertiary alicyclic amines) is 1. The molecule has 1 aliphatic rings. The number of esters is 4. The Kier molecular flexibility index (Phi) is 60.6. The molecule has 0 bridgehead atoms. The van der Waals surface area contributed by atoms with Gasteiger partial charge in [0.2, 0.25) is 0 Å². The molecule has 0 N–H and O–H groups in total. The highest BCUT2D eigenvalue weighted by Gasteiger charge is 2.40. The molecule has 0 saturated carbocycles. The van der Waals surface area contributed by atoms with E-state index in [1.807, 2.05) is 14.0 Å². The van der Waals surface area contributed by atoms with E-state index in [4.69, 9.17) is 28.4 Å². The molecule has 0 aromatic rings. The Morgan fingerprint density at radius 2 is 1.01 bits per heavy atom. The summed E-state index contributed by atoms with van der Waals surface area (Å²) in [6.07, 6.45) is 36.4. The molecule has 15 nitrogen and oxygen atoms in total. The molecule has 1 heterocycles. The van der Waals surface area contributed by atoms with Gasteiger partial charge in [-0.25, -0.2) is 0 Å². The summed E-state index contributed by atoms with van der Waals surface area (Å²) in [5.41, 5.74) is -1.26. The average molecular weight is 1100 g/mol. The highest BCUT2D eigenvalue weighted by Crippen LogP contribution is 2.24. The molecule has 0 aliphatic carbocycles. The standard InChI is InChI=1S/C24H46O4.C20H33NO7.C9H18O2.C9H20O/c1-4-7-9-11-13-15-18-27-23(25)20-22(17-6-3)21-24(26)28-19-16-14-12-10-8-5-2;1-4-16(9-11-22)7-8-18(24)27-14-20(2,13-26-15-23)19(25)28-17-6-5-10-21(3)12-17;1-2-3-4-5-6-7-8-11-9-10;1-3-4-5-6-7-8-9-10-2/h22H,4-21H2,1-3H3;11,15-17H,4-10,12-14H2,1-3H3;9H,2-8H2,1H3;3-9H2,1-2H3. The van der Waals surface area contributed by atoms with Crippen LogP contribution >= 0.6 is 0 Å². The first-order chi connectivity index (χ1) is 37.3. The van der Waals surface area contributed by atoms with Gasteiger partial charge in [0.05, 0.1) is 19.8 Å². The van der Waals surface area contributed by atoms with E-state index in [0.29, 0.717) is 58.5 Å². The number of hydrogen-bond acceptors (Lipinski definition) is 15. The lowest BCUT2D eigenvalue weighted by molar-refractivity contribution is -0.174. The number of rotatable bonds is 48. The summed E-state index contributed by atoms with van der Waals surface area (Å²) in [5.74, 6) is -1.16. The Hall–Kier alpha value is -3.59. The SMILES string of the molecule is CCC(CC=O)CCC(=O)OCC(C)(COC=O)C(=O)OC1CCCN(C)C1.CCCCCCCCOC.CCCCCCCCOC(=O)CC(CCC)CC(=O)OCCCCCCCC.CCCCCCCCOC=O. The number of unbranched alkanes of at least 4 members (excludes halogenated alkanes) is 20. The smallest absolute Gasteiger partial charge is 0.319 e. The predicted molar refractivity (Wildman–Crippen MR) is 308 cm³/mol. The maximum Gasteiger partial charge on any atom is 0.319 e. The molecule has 0 amide bonds. The number of methoxy groups -OCH3 is 1. The van der Waals surface area contributed by atoms with Crippen molar-refractivity contribution >= 4 is 43.1 Å². The second kappa shape index (κ2) is 60.1. The van der Waals surface area contributed by atoms with E-state index >= 15 is 0 Å². The molecule has 1 rings (SSSR count). The van der Waals surface area contributed by atoms with Crippen LogP contribution in [0, 0.1) is 17.3 Å². The lowest BCUT2D eigenvalue weighted by Crippen LogP contribution is -2.44. The van der Waals surface area contributed by atoms with Gasteiger partial charge in [-0.1, -0.05) is 183 Å². The highest BCUT2D eigenvalue weighted by molar-refractivity contribution is 5.78. The zero-order chi connectivity index (χ0) is 57.9. The zero-order valence-corrected chi connectivity index (χ0v) is 50.8. The summed E-state index contributed by atoms with van der Waals surface area (Å²) in [6, 6.07) is 0. The molecule has 77 heavy (non-hydrogen) atoms. The van der Waals surface area contributed by atoms with Crippen LogP contribution in [0.1, 0.15) is 267 Å². The molecule has 454 valence electrons. The van der Waals surface area contributed by atoms with Gasteiger partial charge in [0.1, 0.15) is 31.0 Å². The van der Waals surface area contributed by atoms with Gasteiger partial charge in [-0.3, -0.25) is 28.8 Å². The van der Waals surface area contributed by atoms with Gasteiger partial charge in [0, 0.05) is 45.9 Å². The van der Waals surface area contributed by atoms with Crippen molar-refractivity contribution in [1.82, 2.24) is 4.90 Å². The van der Waals surface area contributed by atoms with Crippen LogP contribution in [0.25, 0.3) is 0 Å². The second-order valence-electron chi connectivity index (χ2n) is 21.3. The van der Waals surface area contributed by atoms with Crippen LogP contribution in [-0.4, -0.2) is 121 Å².